The number of fused-ring (bicyclic) bond motifs is 1. The molecule has 0 saturated carbocycles. The summed E-state index contributed by atoms with van der Waals surface area (Å²) >= 11 is 0. The molecule has 0 bridgehead atoms. The zero-order chi connectivity index (χ0) is 13.0. The number of benzene rings is 2. The first-order valence-corrected chi connectivity index (χ1v) is 6.38. The van der Waals surface area contributed by atoms with E-state index in [0.29, 0.717) is 0 Å². The maximum Gasteiger partial charge on any atom is 0.159 e. The highest BCUT2D eigenvalue weighted by Gasteiger charge is 2.02. The van der Waals surface area contributed by atoms with E-state index in [2.05, 4.69) is 6.92 Å². The quantitative estimate of drug-likeness (QED) is 0.579. The van der Waals surface area contributed by atoms with E-state index in [1.807, 2.05) is 36.4 Å². The molecule has 0 aromatic heterocycles. The standard InChI is InChI=1S/C16H18O2/c1-3-4-9-18-16-8-7-14-10-13(12(2)17)5-6-15(14)11-16/h5-8,10-11H,3-4,9H2,1-2H3. The lowest BCUT2D eigenvalue weighted by Gasteiger charge is -2.07. The summed E-state index contributed by atoms with van der Waals surface area (Å²) in [7, 11) is 0. The number of hydrogen-bond donors (Lipinski definition) is 0. The van der Waals surface area contributed by atoms with Crippen LogP contribution in [0.2, 0.25) is 0 Å². The zero-order valence-corrected chi connectivity index (χ0v) is 10.9. The second-order valence-electron chi connectivity index (χ2n) is 4.48. The van der Waals surface area contributed by atoms with Gasteiger partial charge in [0.1, 0.15) is 5.75 Å². The molecule has 0 saturated heterocycles. The van der Waals surface area contributed by atoms with Crippen LogP contribution in [-0.2, 0) is 0 Å². The predicted molar refractivity (Wildman–Crippen MR) is 74.4 cm³/mol. The number of unbranched alkanes of at least 4 members (excludes halogenated alkanes) is 1. The average Bonchev–Trinajstić information content (AvgIpc) is 2.38. The van der Waals surface area contributed by atoms with Crippen molar-refractivity contribution in [1.82, 2.24) is 0 Å². The van der Waals surface area contributed by atoms with E-state index in [1.54, 1.807) is 6.92 Å². The Kier molecular flexibility index (Phi) is 3.98. The van der Waals surface area contributed by atoms with Crippen molar-refractivity contribution in [3.05, 3.63) is 42.0 Å². The van der Waals surface area contributed by atoms with E-state index < -0.39 is 0 Å². The van der Waals surface area contributed by atoms with E-state index >= 15 is 0 Å². The van der Waals surface area contributed by atoms with Crippen LogP contribution >= 0.6 is 0 Å². The van der Waals surface area contributed by atoms with Gasteiger partial charge in [0.25, 0.3) is 0 Å². The number of rotatable bonds is 5. The minimum absolute atomic E-state index is 0.0974. The summed E-state index contributed by atoms with van der Waals surface area (Å²) in [6.07, 6.45) is 2.21. The Bertz CT molecular complexity index is 558. The van der Waals surface area contributed by atoms with Crippen LogP contribution in [0.5, 0.6) is 5.75 Å². The molecule has 2 heteroatoms. The van der Waals surface area contributed by atoms with Gasteiger partial charge in [-0.1, -0.05) is 31.5 Å². The van der Waals surface area contributed by atoms with Crippen LogP contribution in [0.4, 0.5) is 0 Å². The van der Waals surface area contributed by atoms with Gasteiger partial charge in [0.15, 0.2) is 5.78 Å². The van der Waals surface area contributed by atoms with E-state index in [-0.39, 0.29) is 5.78 Å². The molecule has 2 aromatic carbocycles. The molecule has 2 aromatic rings. The molecule has 0 amide bonds. The van der Waals surface area contributed by atoms with E-state index in [0.717, 1.165) is 41.5 Å². The molecule has 2 rings (SSSR count). The van der Waals surface area contributed by atoms with Gasteiger partial charge in [-0.2, -0.15) is 0 Å². The lowest BCUT2D eigenvalue weighted by atomic mass is 10.0. The number of hydrogen-bond acceptors (Lipinski definition) is 2. The highest BCUT2D eigenvalue weighted by atomic mass is 16.5. The summed E-state index contributed by atoms with van der Waals surface area (Å²) < 4.78 is 5.67. The second kappa shape index (κ2) is 5.67. The third-order valence-corrected chi connectivity index (χ3v) is 2.98. The van der Waals surface area contributed by atoms with Gasteiger partial charge in [0.05, 0.1) is 6.61 Å². The minimum Gasteiger partial charge on any atom is -0.494 e. The molecular weight excluding hydrogens is 224 g/mol. The third-order valence-electron chi connectivity index (χ3n) is 2.98. The van der Waals surface area contributed by atoms with Crippen LogP contribution < -0.4 is 4.74 Å². The molecule has 0 fully saturated rings. The molecule has 0 aliphatic rings. The molecular formula is C16H18O2. The fourth-order valence-corrected chi connectivity index (χ4v) is 1.87. The van der Waals surface area contributed by atoms with Crippen LogP contribution in [0.1, 0.15) is 37.0 Å². The Hall–Kier alpha value is -1.83. The van der Waals surface area contributed by atoms with E-state index in [4.69, 9.17) is 4.74 Å². The summed E-state index contributed by atoms with van der Waals surface area (Å²) in [5.41, 5.74) is 0.752. The van der Waals surface area contributed by atoms with Crippen molar-refractivity contribution in [2.75, 3.05) is 6.61 Å². The summed E-state index contributed by atoms with van der Waals surface area (Å²) in [6, 6.07) is 11.7. The molecule has 0 atom stereocenters. The summed E-state index contributed by atoms with van der Waals surface area (Å²) in [4.78, 5) is 11.3. The summed E-state index contributed by atoms with van der Waals surface area (Å²) in [6.45, 7) is 4.49. The van der Waals surface area contributed by atoms with Gasteiger partial charge in [-0.3, -0.25) is 4.79 Å². The number of ketones is 1. The van der Waals surface area contributed by atoms with E-state index in [1.165, 1.54) is 0 Å². The number of carbonyl (C=O) groups is 1. The predicted octanol–water partition coefficient (Wildman–Crippen LogP) is 4.22. The molecule has 0 heterocycles. The smallest absolute Gasteiger partial charge is 0.159 e. The molecule has 0 spiro atoms. The molecule has 0 aliphatic heterocycles. The monoisotopic (exact) mass is 242 g/mol. The first kappa shape index (κ1) is 12.6. The fourth-order valence-electron chi connectivity index (χ4n) is 1.87. The van der Waals surface area contributed by atoms with Crippen LogP contribution in [0.25, 0.3) is 10.8 Å². The van der Waals surface area contributed by atoms with Gasteiger partial charge < -0.3 is 4.74 Å². The van der Waals surface area contributed by atoms with Crippen molar-refractivity contribution < 1.29 is 9.53 Å². The van der Waals surface area contributed by atoms with Crippen molar-refractivity contribution in [3.8, 4) is 5.75 Å². The molecule has 2 nitrogen and oxygen atoms in total. The highest BCUT2D eigenvalue weighted by molar-refractivity contribution is 5.98. The molecule has 94 valence electrons. The highest BCUT2D eigenvalue weighted by Crippen LogP contribution is 2.22. The lowest BCUT2D eigenvalue weighted by molar-refractivity contribution is 0.101. The Morgan fingerprint density at radius 2 is 1.83 bits per heavy atom. The SMILES string of the molecule is CCCCOc1ccc2cc(C(C)=O)ccc2c1. The average molecular weight is 242 g/mol. The fraction of sp³-hybridized carbons (Fsp3) is 0.312. The second-order valence-corrected chi connectivity index (χ2v) is 4.48. The van der Waals surface area contributed by atoms with Crippen LogP contribution in [0.3, 0.4) is 0 Å². The van der Waals surface area contributed by atoms with Crippen molar-refractivity contribution in [2.45, 2.75) is 26.7 Å². The zero-order valence-electron chi connectivity index (χ0n) is 10.9. The number of Topliss-reactive ketones (excluding diaryl/α,β-unsaturated/α-hetero) is 1. The van der Waals surface area contributed by atoms with Crippen LogP contribution in [-0.4, -0.2) is 12.4 Å². The minimum atomic E-state index is 0.0974. The Morgan fingerprint density at radius 1 is 1.11 bits per heavy atom. The van der Waals surface area contributed by atoms with Gasteiger partial charge in [-0.15, -0.1) is 0 Å². The van der Waals surface area contributed by atoms with Crippen molar-refractivity contribution in [1.29, 1.82) is 0 Å². The normalized spacial score (nSPS) is 10.6. The van der Waals surface area contributed by atoms with Gasteiger partial charge in [-0.25, -0.2) is 0 Å². The number of carbonyl (C=O) groups excluding carboxylic acids is 1. The molecule has 0 radical (unpaired) electrons. The van der Waals surface area contributed by atoms with E-state index in [9.17, 15) is 4.79 Å². The molecule has 18 heavy (non-hydrogen) atoms. The maximum atomic E-state index is 11.3. The first-order valence-electron chi connectivity index (χ1n) is 6.38. The van der Waals surface area contributed by atoms with Gasteiger partial charge in [0, 0.05) is 5.56 Å². The van der Waals surface area contributed by atoms with Crippen LogP contribution in [0.15, 0.2) is 36.4 Å². The van der Waals surface area contributed by atoms with Crippen molar-refractivity contribution in [2.24, 2.45) is 0 Å². The molecule has 0 aliphatic carbocycles. The number of ether oxygens (including phenoxy) is 1. The first-order chi connectivity index (χ1) is 8.70. The largest absolute Gasteiger partial charge is 0.494 e. The third kappa shape index (κ3) is 2.89. The Morgan fingerprint density at radius 3 is 2.56 bits per heavy atom. The lowest BCUT2D eigenvalue weighted by Crippen LogP contribution is -1.96. The van der Waals surface area contributed by atoms with Gasteiger partial charge in [0.2, 0.25) is 0 Å². The van der Waals surface area contributed by atoms with Crippen molar-refractivity contribution >= 4 is 16.6 Å². The van der Waals surface area contributed by atoms with Gasteiger partial charge >= 0.3 is 0 Å². The summed E-state index contributed by atoms with van der Waals surface area (Å²) in [5, 5.41) is 2.18. The van der Waals surface area contributed by atoms with Crippen LogP contribution in [0, 0.1) is 0 Å². The molecule has 0 N–H and O–H groups in total. The summed E-state index contributed by atoms with van der Waals surface area (Å²) in [5.74, 6) is 0.992. The Labute approximate surface area is 108 Å². The van der Waals surface area contributed by atoms with Gasteiger partial charge in [-0.05, 0) is 42.3 Å². The Balaban J connectivity index is 2.24. The maximum absolute atomic E-state index is 11.3. The topological polar surface area (TPSA) is 26.3 Å². The van der Waals surface area contributed by atoms with Crippen molar-refractivity contribution in [3.63, 3.8) is 0 Å². The molecule has 0 unspecified atom stereocenters.